The molecule has 0 aliphatic heterocycles. The summed E-state index contributed by atoms with van der Waals surface area (Å²) in [5.74, 6) is 1.30. The van der Waals surface area contributed by atoms with Crippen LogP contribution in [0.15, 0.2) is 29.4 Å². The summed E-state index contributed by atoms with van der Waals surface area (Å²) in [6.07, 6.45) is 2.74. The molecule has 0 unspecified atom stereocenters. The summed E-state index contributed by atoms with van der Waals surface area (Å²) in [5, 5.41) is 16.1. The molecule has 112 valence electrons. The van der Waals surface area contributed by atoms with Crippen LogP contribution in [0.2, 0.25) is 0 Å². The zero-order valence-corrected chi connectivity index (χ0v) is 13.1. The number of hydrogen-bond donors (Lipinski definition) is 2. The zero-order chi connectivity index (χ0) is 15.5. The van der Waals surface area contributed by atoms with Crippen LogP contribution in [0.3, 0.4) is 0 Å². The first-order valence-electron chi connectivity index (χ1n) is 6.78. The van der Waals surface area contributed by atoms with Crippen molar-refractivity contribution in [3.63, 3.8) is 0 Å². The molecule has 0 saturated carbocycles. The van der Waals surface area contributed by atoms with Crippen LogP contribution in [-0.4, -0.2) is 24.5 Å². The summed E-state index contributed by atoms with van der Waals surface area (Å²) in [5.41, 5.74) is 3.68. The van der Waals surface area contributed by atoms with Gasteiger partial charge in [-0.15, -0.1) is 0 Å². The van der Waals surface area contributed by atoms with Crippen LogP contribution in [0.4, 0.5) is 0 Å². The van der Waals surface area contributed by atoms with Gasteiger partial charge in [0, 0.05) is 6.54 Å². The van der Waals surface area contributed by atoms with E-state index in [0.717, 1.165) is 18.5 Å². The number of nitrogens with zero attached hydrogens (tertiary/aromatic N) is 2. The van der Waals surface area contributed by atoms with E-state index in [1.54, 1.807) is 18.3 Å². The largest absolute Gasteiger partial charge is 0.479 e. The zero-order valence-electron chi connectivity index (χ0n) is 12.3. The standard InChI is InChI=1S/C15H20N4OS/c1-12(2)7-9-17-15(21)19-18-11-13-3-5-14(6-4-13)20-10-8-16/h3-6,11-12H,7,9-10H2,1-2H3,(H2,17,19,21)/b18-11-. The molecular weight excluding hydrogens is 284 g/mol. The monoisotopic (exact) mass is 304 g/mol. The summed E-state index contributed by atoms with van der Waals surface area (Å²) in [6.45, 7) is 5.22. The van der Waals surface area contributed by atoms with Gasteiger partial charge < -0.3 is 10.1 Å². The van der Waals surface area contributed by atoms with Crippen molar-refractivity contribution in [2.75, 3.05) is 13.2 Å². The fourth-order valence-corrected chi connectivity index (χ4v) is 1.60. The van der Waals surface area contributed by atoms with Crippen molar-refractivity contribution in [2.45, 2.75) is 20.3 Å². The molecule has 21 heavy (non-hydrogen) atoms. The number of ether oxygens (including phenoxy) is 1. The number of nitriles is 1. The highest BCUT2D eigenvalue weighted by Gasteiger charge is 1.96. The maximum absolute atomic E-state index is 8.42. The minimum atomic E-state index is 0.0469. The number of rotatable bonds is 7. The molecule has 0 aliphatic rings. The first-order chi connectivity index (χ1) is 10.1. The molecule has 0 spiro atoms. The van der Waals surface area contributed by atoms with Gasteiger partial charge in [0.15, 0.2) is 11.7 Å². The molecule has 0 atom stereocenters. The average Bonchev–Trinajstić information content (AvgIpc) is 2.46. The topological polar surface area (TPSA) is 69.4 Å². The van der Waals surface area contributed by atoms with Crippen molar-refractivity contribution < 1.29 is 4.74 Å². The Hall–Kier alpha value is -2.13. The third-order valence-corrected chi connectivity index (χ3v) is 2.81. The molecule has 0 aliphatic carbocycles. The summed E-state index contributed by atoms with van der Waals surface area (Å²) in [4.78, 5) is 0. The predicted octanol–water partition coefficient (Wildman–Crippen LogP) is 2.43. The first kappa shape index (κ1) is 16.9. The van der Waals surface area contributed by atoms with Gasteiger partial charge in [-0.1, -0.05) is 13.8 Å². The highest BCUT2D eigenvalue weighted by molar-refractivity contribution is 7.80. The van der Waals surface area contributed by atoms with Gasteiger partial charge in [-0.3, -0.25) is 5.43 Å². The lowest BCUT2D eigenvalue weighted by molar-refractivity contribution is 0.368. The number of thiocarbonyl (C=S) groups is 1. The SMILES string of the molecule is CC(C)CCNC(=S)N/N=C\c1ccc(OCC#N)cc1. The Kier molecular flexibility index (Phi) is 7.84. The lowest BCUT2D eigenvalue weighted by atomic mass is 10.1. The van der Waals surface area contributed by atoms with Crippen LogP contribution in [0, 0.1) is 17.2 Å². The maximum Gasteiger partial charge on any atom is 0.186 e. The molecule has 0 saturated heterocycles. The Balaban J connectivity index is 2.32. The second-order valence-electron chi connectivity index (χ2n) is 4.82. The fraction of sp³-hybridized carbons (Fsp3) is 0.400. The van der Waals surface area contributed by atoms with Crippen LogP contribution < -0.4 is 15.5 Å². The summed E-state index contributed by atoms with van der Waals surface area (Å²) < 4.78 is 5.16. The van der Waals surface area contributed by atoms with E-state index in [1.807, 2.05) is 18.2 Å². The molecule has 0 heterocycles. The van der Waals surface area contributed by atoms with E-state index in [-0.39, 0.29) is 6.61 Å². The van der Waals surface area contributed by atoms with E-state index in [4.69, 9.17) is 22.2 Å². The van der Waals surface area contributed by atoms with Crippen LogP contribution >= 0.6 is 12.2 Å². The quantitative estimate of drug-likeness (QED) is 0.460. The highest BCUT2D eigenvalue weighted by atomic mass is 32.1. The number of benzene rings is 1. The third kappa shape index (κ3) is 7.90. The van der Waals surface area contributed by atoms with E-state index in [1.165, 1.54) is 0 Å². The van der Waals surface area contributed by atoms with Crippen LogP contribution in [-0.2, 0) is 0 Å². The van der Waals surface area contributed by atoms with Crippen molar-refractivity contribution >= 4 is 23.5 Å². The van der Waals surface area contributed by atoms with Gasteiger partial charge in [0.05, 0.1) is 6.21 Å². The van der Waals surface area contributed by atoms with E-state index < -0.39 is 0 Å². The minimum Gasteiger partial charge on any atom is -0.479 e. The molecule has 1 aromatic rings. The maximum atomic E-state index is 8.42. The van der Waals surface area contributed by atoms with Crippen molar-refractivity contribution in [1.29, 1.82) is 5.26 Å². The summed E-state index contributed by atoms with van der Waals surface area (Å²) in [7, 11) is 0. The highest BCUT2D eigenvalue weighted by Crippen LogP contribution is 2.10. The minimum absolute atomic E-state index is 0.0469. The van der Waals surface area contributed by atoms with Crippen molar-refractivity contribution in [1.82, 2.24) is 10.7 Å². The van der Waals surface area contributed by atoms with Gasteiger partial charge in [-0.05, 0) is 54.4 Å². The molecule has 1 rings (SSSR count). The molecule has 6 heteroatoms. The number of hydrogen-bond acceptors (Lipinski definition) is 4. The summed E-state index contributed by atoms with van der Waals surface area (Å²) >= 11 is 5.10. The van der Waals surface area contributed by atoms with Crippen molar-refractivity contribution in [3.8, 4) is 11.8 Å². The molecule has 0 bridgehead atoms. The Morgan fingerprint density at radius 3 is 2.76 bits per heavy atom. The molecule has 0 amide bonds. The van der Waals surface area contributed by atoms with Gasteiger partial charge in [0.1, 0.15) is 11.8 Å². The Bertz CT molecular complexity index is 505. The van der Waals surface area contributed by atoms with Crippen molar-refractivity contribution in [3.05, 3.63) is 29.8 Å². The molecule has 2 N–H and O–H groups in total. The van der Waals surface area contributed by atoms with E-state index in [0.29, 0.717) is 16.8 Å². The van der Waals surface area contributed by atoms with Crippen LogP contribution in [0.1, 0.15) is 25.8 Å². The van der Waals surface area contributed by atoms with Gasteiger partial charge in [-0.25, -0.2) is 0 Å². The van der Waals surface area contributed by atoms with Gasteiger partial charge >= 0.3 is 0 Å². The van der Waals surface area contributed by atoms with E-state index in [9.17, 15) is 0 Å². The lowest BCUT2D eigenvalue weighted by Crippen LogP contribution is -2.33. The Morgan fingerprint density at radius 1 is 1.43 bits per heavy atom. The molecule has 1 aromatic carbocycles. The first-order valence-corrected chi connectivity index (χ1v) is 7.19. The van der Waals surface area contributed by atoms with E-state index >= 15 is 0 Å². The van der Waals surface area contributed by atoms with Crippen LogP contribution in [0.5, 0.6) is 5.75 Å². The number of hydrazone groups is 1. The molecular formula is C15H20N4OS. The second-order valence-corrected chi connectivity index (χ2v) is 5.23. The van der Waals surface area contributed by atoms with Gasteiger partial charge in [-0.2, -0.15) is 10.4 Å². The Morgan fingerprint density at radius 2 is 2.14 bits per heavy atom. The summed E-state index contributed by atoms with van der Waals surface area (Å²) in [6, 6.07) is 9.21. The lowest BCUT2D eigenvalue weighted by Gasteiger charge is -2.08. The fourth-order valence-electron chi connectivity index (χ4n) is 1.45. The normalized spacial score (nSPS) is 10.4. The third-order valence-electron chi connectivity index (χ3n) is 2.57. The van der Waals surface area contributed by atoms with Crippen LogP contribution in [0.25, 0.3) is 0 Å². The van der Waals surface area contributed by atoms with Gasteiger partial charge in [0.25, 0.3) is 0 Å². The Labute approximate surface area is 131 Å². The molecule has 0 radical (unpaired) electrons. The van der Waals surface area contributed by atoms with E-state index in [2.05, 4.69) is 29.7 Å². The smallest absolute Gasteiger partial charge is 0.186 e. The molecule has 0 aromatic heterocycles. The molecule has 5 nitrogen and oxygen atoms in total. The average molecular weight is 304 g/mol. The number of nitrogens with one attached hydrogen (secondary N) is 2. The molecule has 0 fully saturated rings. The van der Waals surface area contributed by atoms with Crippen molar-refractivity contribution in [2.24, 2.45) is 11.0 Å². The van der Waals surface area contributed by atoms with Gasteiger partial charge in [0.2, 0.25) is 0 Å². The predicted molar refractivity (Wildman–Crippen MR) is 88.3 cm³/mol. The second kappa shape index (κ2) is 9.72.